The van der Waals surface area contributed by atoms with Gasteiger partial charge in [0.2, 0.25) is 0 Å². The molecule has 0 aliphatic carbocycles. The van der Waals surface area contributed by atoms with Crippen molar-refractivity contribution in [3.63, 3.8) is 0 Å². The van der Waals surface area contributed by atoms with Crippen LogP contribution in [0.4, 0.5) is 11.4 Å². The molecule has 1 aliphatic rings. The van der Waals surface area contributed by atoms with E-state index in [2.05, 4.69) is 6.92 Å². The van der Waals surface area contributed by atoms with Crippen molar-refractivity contribution in [2.45, 2.75) is 33.1 Å². The number of anilines is 2. The van der Waals surface area contributed by atoms with Gasteiger partial charge in [-0.3, -0.25) is 9.59 Å². The average Bonchev–Trinajstić information content (AvgIpc) is 3.41. The molecule has 4 rings (SSSR count). The molecule has 2 amide bonds. The first-order valence-corrected chi connectivity index (χ1v) is 11.6. The highest BCUT2D eigenvalue weighted by Crippen LogP contribution is 2.38. The summed E-state index contributed by atoms with van der Waals surface area (Å²) in [5.74, 6) is -0.543. The first kappa shape index (κ1) is 21.1. The Morgan fingerprint density at radius 3 is 2.23 bits per heavy atom. The van der Waals surface area contributed by atoms with E-state index in [-0.39, 0.29) is 11.8 Å². The number of hydrogen-bond donors (Lipinski definition) is 0. The van der Waals surface area contributed by atoms with Crippen LogP contribution in [0.15, 0.2) is 77.8 Å². The second-order valence-electron chi connectivity index (χ2n) is 7.50. The highest BCUT2D eigenvalue weighted by Gasteiger charge is 2.43. The Kier molecular flexibility index (Phi) is 6.33. The molecule has 3 aromatic rings. The van der Waals surface area contributed by atoms with Gasteiger partial charge in [-0.05, 0) is 61.0 Å². The number of benzene rings is 2. The maximum atomic E-state index is 13.7. The number of carbonyl (C=O) groups excluding carboxylic acids is 2. The molecule has 4 nitrogen and oxygen atoms in total. The van der Waals surface area contributed by atoms with Gasteiger partial charge in [0.1, 0.15) is 5.70 Å². The second-order valence-corrected chi connectivity index (χ2v) is 8.44. The predicted octanol–water partition coefficient (Wildman–Crippen LogP) is 5.90. The van der Waals surface area contributed by atoms with Crippen LogP contribution in [0.2, 0.25) is 0 Å². The van der Waals surface area contributed by atoms with Crippen LogP contribution in [-0.4, -0.2) is 18.4 Å². The third-order valence-electron chi connectivity index (χ3n) is 5.49. The van der Waals surface area contributed by atoms with Crippen LogP contribution >= 0.6 is 11.3 Å². The van der Waals surface area contributed by atoms with Crippen molar-refractivity contribution < 1.29 is 9.59 Å². The van der Waals surface area contributed by atoms with Crippen LogP contribution in [0.3, 0.4) is 0 Å². The van der Waals surface area contributed by atoms with Crippen LogP contribution in [0.5, 0.6) is 0 Å². The first-order chi connectivity index (χ1) is 15.2. The lowest BCUT2D eigenvalue weighted by Gasteiger charge is -2.24. The molecule has 1 aliphatic heterocycles. The Labute approximate surface area is 187 Å². The van der Waals surface area contributed by atoms with E-state index in [0.29, 0.717) is 23.5 Å². The molecule has 1 aromatic heterocycles. The minimum atomic E-state index is -0.277. The summed E-state index contributed by atoms with van der Waals surface area (Å²) in [5.41, 5.74) is 3.64. The standard InChI is InChI=1S/C26H26N2O2S/c1-3-5-10-19-14-16-21(17-15-19)28-25(29)23(22-13-9-18-31-22)24(26(28)30)27(4-2)20-11-7-6-8-12-20/h6-9,11-18H,3-5,10H2,1-2H3. The fraction of sp³-hybridized carbons (Fsp3) is 0.231. The van der Waals surface area contributed by atoms with Crippen molar-refractivity contribution in [2.75, 3.05) is 16.3 Å². The normalized spacial score (nSPS) is 13.9. The maximum Gasteiger partial charge on any atom is 0.282 e. The van der Waals surface area contributed by atoms with Crippen LogP contribution in [-0.2, 0) is 16.0 Å². The van der Waals surface area contributed by atoms with Gasteiger partial charge >= 0.3 is 0 Å². The molecule has 31 heavy (non-hydrogen) atoms. The number of aryl methyl sites for hydroxylation is 1. The van der Waals surface area contributed by atoms with E-state index in [1.54, 1.807) is 0 Å². The minimum Gasteiger partial charge on any atom is -0.337 e. The SMILES string of the molecule is CCCCc1ccc(N2C(=O)C(c3cccs3)=C(N(CC)c3ccccc3)C2=O)cc1. The lowest BCUT2D eigenvalue weighted by Crippen LogP contribution is -2.35. The summed E-state index contributed by atoms with van der Waals surface area (Å²) >= 11 is 1.48. The fourth-order valence-corrected chi connectivity index (χ4v) is 4.68. The van der Waals surface area contributed by atoms with Gasteiger partial charge < -0.3 is 4.90 Å². The van der Waals surface area contributed by atoms with E-state index < -0.39 is 0 Å². The van der Waals surface area contributed by atoms with Crippen molar-refractivity contribution >= 4 is 40.1 Å². The molecule has 0 saturated carbocycles. The maximum absolute atomic E-state index is 13.7. The van der Waals surface area contributed by atoms with E-state index in [1.807, 2.05) is 83.9 Å². The zero-order valence-corrected chi connectivity index (χ0v) is 18.7. The van der Waals surface area contributed by atoms with Crippen molar-refractivity contribution in [1.82, 2.24) is 0 Å². The van der Waals surface area contributed by atoms with Crippen molar-refractivity contribution in [3.05, 3.63) is 88.2 Å². The number of unbranched alkanes of at least 4 members (excludes halogenated alkanes) is 1. The molecular formula is C26H26N2O2S. The molecule has 2 aromatic carbocycles. The van der Waals surface area contributed by atoms with E-state index in [4.69, 9.17) is 0 Å². The number of hydrogen-bond acceptors (Lipinski definition) is 4. The highest BCUT2D eigenvalue weighted by atomic mass is 32.1. The highest BCUT2D eigenvalue weighted by molar-refractivity contribution is 7.11. The number of rotatable bonds is 8. The number of imide groups is 1. The van der Waals surface area contributed by atoms with Gasteiger partial charge in [-0.2, -0.15) is 0 Å². The third kappa shape index (κ3) is 4.06. The van der Waals surface area contributed by atoms with Crippen LogP contribution in [0.1, 0.15) is 37.1 Å². The molecule has 0 spiro atoms. The number of likely N-dealkylation sites (N-methyl/N-ethyl adjacent to an activating group) is 1. The van der Waals surface area contributed by atoms with Crippen LogP contribution in [0, 0.1) is 0 Å². The summed E-state index contributed by atoms with van der Waals surface area (Å²) in [7, 11) is 0. The smallest absolute Gasteiger partial charge is 0.282 e. The molecule has 0 atom stereocenters. The Morgan fingerprint density at radius 2 is 1.61 bits per heavy atom. The molecule has 158 valence electrons. The predicted molar refractivity (Wildman–Crippen MR) is 128 cm³/mol. The summed E-state index contributed by atoms with van der Waals surface area (Å²) < 4.78 is 0. The average molecular weight is 431 g/mol. The van der Waals surface area contributed by atoms with Gasteiger partial charge in [-0.25, -0.2) is 4.90 Å². The Morgan fingerprint density at radius 1 is 0.871 bits per heavy atom. The lowest BCUT2D eigenvalue weighted by atomic mass is 10.1. The quantitative estimate of drug-likeness (QED) is 0.418. The zero-order valence-electron chi connectivity index (χ0n) is 17.9. The number of thiophene rings is 1. The molecule has 0 bridgehead atoms. The number of para-hydroxylation sites is 1. The van der Waals surface area contributed by atoms with Crippen LogP contribution in [0.25, 0.3) is 5.57 Å². The van der Waals surface area contributed by atoms with Gasteiger partial charge in [-0.15, -0.1) is 11.3 Å². The van der Waals surface area contributed by atoms with Gasteiger partial charge in [0.05, 0.1) is 11.3 Å². The van der Waals surface area contributed by atoms with Gasteiger partial charge in [0.15, 0.2) is 0 Å². The van der Waals surface area contributed by atoms with Crippen LogP contribution < -0.4 is 9.80 Å². The Hall–Kier alpha value is -3.18. The van der Waals surface area contributed by atoms with Crippen molar-refractivity contribution in [3.8, 4) is 0 Å². The summed E-state index contributed by atoms with van der Waals surface area (Å²) in [5, 5.41) is 1.93. The van der Waals surface area contributed by atoms with Gasteiger partial charge in [-0.1, -0.05) is 49.7 Å². The molecule has 2 heterocycles. The third-order valence-corrected chi connectivity index (χ3v) is 6.38. The van der Waals surface area contributed by atoms with E-state index in [9.17, 15) is 9.59 Å². The summed E-state index contributed by atoms with van der Waals surface area (Å²) in [6.07, 6.45) is 3.26. The Bertz CT molecular complexity index is 1090. The molecule has 0 N–H and O–H groups in total. The lowest BCUT2D eigenvalue weighted by molar-refractivity contribution is -0.120. The monoisotopic (exact) mass is 430 g/mol. The number of carbonyl (C=O) groups is 2. The summed E-state index contributed by atoms with van der Waals surface area (Å²) in [6.45, 7) is 4.74. The van der Waals surface area contributed by atoms with E-state index >= 15 is 0 Å². The molecular weight excluding hydrogens is 404 g/mol. The molecule has 0 unspecified atom stereocenters. The number of nitrogens with zero attached hydrogens (tertiary/aromatic N) is 2. The van der Waals surface area contributed by atoms with Crippen molar-refractivity contribution in [1.29, 1.82) is 0 Å². The summed E-state index contributed by atoms with van der Waals surface area (Å²) in [6, 6.07) is 21.4. The zero-order chi connectivity index (χ0) is 21.8. The van der Waals surface area contributed by atoms with Gasteiger partial charge in [0, 0.05) is 17.1 Å². The number of amides is 2. The van der Waals surface area contributed by atoms with Gasteiger partial charge in [0.25, 0.3) is 11.8 Å². The fourth-order valence-electron chi connectivity index (χ4n) is 3.92. The molecule has 0 radical (unpaired) electrons. The van der Waals surface area contributed by atoms with E-state index in [1.165, 1.54) is 21.8 Å². The minimum absolute atomic E-state index is 0.266. The summed E-state index contributed by atoms with van der Waals surface area (Å²) in [4.78, 5) is 31.3. The molecule has 0 saturated heterocycles. The molecule has 0 fully saturated rings. The largest absolute Gasteiger partial charge is 0.337 e. The van der Waals surface area contributed by atoms with E-state index in [0.717, 1.165) is 29.8 Å². The topological polar surface area (TPSA) is 40.6 Å². The van der Waals surface area contributed by atoms with Crippen molar-refractivity contribution in [2.24, 2.45) is 0 Å². The molecule has 5 heteroatoms. The second kappa shape index (κ2) is 9.31. The first-order valence-electron chi connectivity index (χ1n) is 10.7. The Balaban J connectivity index is 1.76.